The van der Waals surface area contributed by atoms with E-state index in [1.807, 2.05) is 4.90 Å². The number of hydrogen-bond acceptors (Lipinski definition) is 6. The Labute approximate surface area is 190 Å². The molecule has 3 fully saturated rings. The average molecular weight is 436 g/mol. The van der Waals surface area contributed by atoms with Gasteiger partial charge in [-0.2, -0.15) is 0 Å². The van der Waals surface area contributed by atoms with Gasteiger partial charge in [0, 0.05) is 31.7 Å². The van der Waals surface area contributed by atoms with Crippen LogP contribution >= 0.6 is 0 Å². The Morgan fingerprint density at radius 2 is 1.62 bits per heavy atom. The summed E-state index contributed by atoms with van der Waals surface area (Å²) in [5.41, 5.74) is 1.95. The van der Waals surface area contributed by atoms with Gasteiger partial charge in [0.25, 0.3) is 0 Å². The first kappa shape index (κ1) is 21.2. The molecule has 3 aliphatic rings. The van der Waals surface area contributed by atoms with Crippen LogP contribution in [0.3, 0.4) is 0 Å². The molecule has 32 heavy (non-hydrogen) atoms. The van der Waals surface area contributed by atoms with E-state index < -0.39 is 0 Å². The molecule has 8 heteroatoms. The van der Waals surface area contributed by atoms with Gasteiger partial charge in [0.2, 0.25) is 5.95 Å². The van der Waals surface area contributed by atoms with Crippen molar-refractivity contribution in [3.8, 4) is 0 Å². The van der Waals surface area contributed by atoms with Crippen molar-refractivity contribution in [1.82, 2.24) is 25.5 Å². The third-order valence-corrected chi connectivity index (χ3v) is 7.62. The van der Waals surface area contributed by atoms with Crippen LogP contribution in [0.5, 0.6) is 0 Å². The highest BCUT2D eigenvalue weighted by molar-refractivity contribution is 5.95. The Bertz CT molecular complexity index is 933. The number of amides is 2. The maximum absolute atomic E-state index is 12.9. The number of urea groups is 1. The summed E-state index contributed by atoms with van der Waals surface area (Å²) >= 11 is 0. The number of nitrogens with zero attached hydrogens (tertiary/aromatic N) is 5. The van der Waals surface area contributed by atoms with Gasteiger partial charge >= 0.3 is 6.03 Å². The standard InChI is InChI=1S/C24H33N7O/c1-29(2)24(19-6-4-3-5-7-19)10-8-23(9-11-24)18-31(22(32)28-23)20-16-26-21(27-17-20)30-14-12-25-13-15-30/h3-7,16-17,25H,8-15,18H2,1-2H3,(H,28,32). The van der Waals surface area contributed by atoms with Crippen LogP contribution in [-0.2, 0) is 5.54 Å². The van der Waals surface area contributed by atoms with Gasteiger partial charge in [0.05, 0.1) is 30.2 Å². The largest absolute Gasteiger partial charge is 0.338 e. The molecule has 5 rings (SSSR count). The number of rotatable bonds is 4. The highest BCUT2D eigenvalue weighted by Crippen LogP contribution is 2.46. The molecule has 0 atom stereocenters. The van der Waals surface area contributed by atoms with Gasteiger partial charge < -0.3 is 15.5 Å². The van der Waals surface area contributed by atoms with E-state index in [-0.39, 0.29) is 17.1 Å². The van der Waals surface area contributed by atoms with E-state index in [9.17, 15) is 4.79 Å². The molecule has 2 amide bonds. The molecule has 0 bridgehead atoms. The number of anilines is 2. The smallest absolute Gasteiger partial charge is 0.322 e. The fourth-order valence-corrected chi connectivity index (χ4v) is 5.57. The van der Waals surface area contributed by atoms with Gasteiger partial charge in [-0.15, -0.1) is 0 Å². The predicted octanol–water partition coefficient (Wildman–Crippen LogP) is 2.19. The second-order valence-corrected chi connectivity index (χ2v) is 9.57. The van der Waals surface area contributed by atoms with Crippen LogP contribution in [0, 0.1) is 0 Å². The summed E-state index contributed by atoms with van der Waals surface area (Å²) in [6, 6.07) is 10.7. The first-order valence-electron chi connectivity index (χ1n) is 11.6. The molecule has 1 aromatic carbocycles. The SMILES string of the molecule is CN(C)C1(c2ccccc2)CCC2(CC1)CN(c1cnc(N3CCNCC3)nc1)C(=O)N2. The minimum atomic E-state index is -0.192. The van der Waals surface area contributed by atoms with Crippen molar-refractivity contribution in [1.29, 1.82) is 0 Å². The van der Waals surface area contributed by atoms with Crippen molar-refractivity contribution < 1.29 is 4.79 Å². The maximum atomic E-state index is 12.9. The zero-order valence-electron chi connectivity index (χ0n) is 19.0. The summed E-state index contributed by atoms with van der Waals surface area (Å²) in [6.07, 6.45) is 7.50. The van der Waals surface area contributed by atoms with Crippen LogP contribution in [0.1, 0.15) is 31.2 Å². The molecule has 0 unspecified atom stereocenters. The molecule has 1 aromatic heterocycles. The summed E-state index contributed by atoms with van der Waals surface area (Å²) in [5.74, 6) is 0.737. The van der Waals surface area contributed by atoms with E-state index in [1.165, 1.54) is 5.56 Å². The lowest BCUT2D eigenvalue weighted by Gasteiger charge is -2.48. The zero-order chi connectivity index (χ0) is 22.2. The van der Waals surface area contributed by atoms with E-state index in [2.05, 4.69) is 74.8 Å². The van der Waals surface area contributed by atoms with Crippen LogP contribution in [-0.4, -0.2) is 73.3 Å². The van der Waals surface area contributed by atoms with Gasteiger partial charge in [-0.25, -0.2) is 14.8 Å². The molecule has 3 heterocycles. The number of nitrogens with one attached hydrogen (secondary N) is 2. The summed E-state index contributed by atoms with van der Waals surface area (Å²) in [7, 11) is 4.34. The van der Waals surface area contributed by atoms with Crippen molar-refractivity contribution >= 4 is 17.7 Å². The quantitative estimate of drug-likeness (QED) is 0.767. The van der Waals surface area contributed by atoms with Gasteiger partial charge in [0.1, 0.15) is 0 Å². The number of carbonyl (C=O) groups is 1. The van der Waals surface area contributed by atoms with E-state index in [0.29, 0.717) is 6.54 Å². The van der Waals surface area contributed by atoms with Crippen molar-refractivity contribution in [2.24, 2.45) is 0 Å². The minimum Gasteiger partial charge on any atom is -0.338 e. The average Bonchev–Trinajstić information content (AvgIpc) is 3.16. The third-order valence-electron chi connectivity index (χ3n) is 7.62. The topological polar surface area (TPSA) is 76.6 Å². The molecule has 2 N–H and O–H groups in total. The molecule has 2 aliphatic heterocycles. The molecule has 0 radical (unpaired) electrons. The highest BCUT2D eigenvalue weighted by Gasteiger charge is 2.50. The van der Waals surface area contributed by atoms with Gasteiger partial charge in [-0.05, 0) is 45.3 Å². The third kappa shape index (κ3) is 3.71. The zero-order valence-corrected chi connectivity index (χ0v) is 19.0. The predicted molar refractivity (Wildman–Crippen MR) is 126 cm³/mol. The number of carbonyl (C=O) groups excluding carboxylic acids is 1. The molecule has 8 nitrogen and oxygen atoms in total. The molecular weight excluding hydrogens is 402 g/mol. The fourth-order valence-electron chi connectivity index (χ4n) is 5.57. The summed E-state index contributed by atoms with van der Waals surface area (Å²) in [5, 5.41) is 6.66. The maximum Gasteiger partial charge on any atom is 0.322 e. The monoisotopic (exact) mass is 435 g/mol. The molecule has 2 aromatic rings. The number of benzene rings is 1. The van der Waals surface area contributed by atoms with Crippen LogP contribution in [0.25, 0.3) is 0 Å². The molecule has 1 aliphatic carbocycles. The van der Waals surface area contributed by atoms with Crippen molar-refractivity contribution in [2.45, 2.75) is 36.8 Å². The lowest BCUT2D eigenvalue weighted by molar-refractivity contribution is 0.0658. The van der Waals surface area contributed by atoms with Crippen LogP contribution in [0.4, 0.5) is 16.4 Å². The second-order valence-electron chi connectivity index (χ2n) is 9.57. The Kier molecular flexibility index (Phi) is 5.51. The first-order chi connectivity index (χ1) is 15.5. The molecule has 1 saturated carbocycles. The Balaban J connectivity index is 1.30. The van der Waals surface area contributed by atoms with E-state index in [0.717, 1.165) is 63.5 Å². The van der Waals surface area contributed by atoms with Crippen LogP contribution < -0.4 is 20.4 Å². The fraction of sp³-hybridized carbons (Fsp3) is 0.542. The summed E-state index contributed by atoms with van der Waals surface area (Å²) in [4.78, 5) is 28.4. The van der Waals surface area contributed by atoms with Gasteiger partial charge in [0.15, 0.2) is 0 Å². The van der Waals surface area contributed by atoms with Gasteiger partial charge in [-0.3, -0.25) is 9.80 Å². The Morgan fingerprint density at radius 1 is 0.969 bits per heavy atom. The molecule has 170 valence electrons. The summed E-state index contributed by atoms with van der Waals surface area (Å²) in [6.45, 7) is 4.36. The summed E-state index contributed by atoms with van der Waals surface area (Å²) < 4.78 is 0. The lowest BCUT2D eigenvalue weighted by atomic mass is 9.69. The van der Waals surface area contributed by atoms with Gasteiger partial charge in [-0.1, -0.05) is 30.3 Å². The van der Waals surface area contributed by atoms with Crippen LogP contribution in [0.2, 0.25) is 0 Å². The van der Waals surface area contributed by atoms with Crippen molar-refractivity contribution in [3.63, 3.8) is 0 Å². The van der Waals surface area contributed by atoms with Crippen molar-refractivity contribution in [3.05, 3.63) is 48.3 Å². The minimum absolute atomic E-state index is 0.0126. The van der Waals surface area contributed by atoms with E-state index in [4.69, 9.17) is 0 Å². The number of hydrogen-bond donors (Lipinski definition) is 2. The number of piperazine rings is 1. The van der Waals surface area contributed by atoms with E-state index in [1.54, 1.807) is 12.4 Å². The van der Waals surface area contributed by atoms with Crippen molar-refractivity contribution in [2.75, 3.05) is 56.6 Å². The Hall–Kier alpha value is -2.71. The Morgan fingerprint density at radius 3 is 2.25 bits per heavy atom. The lowest BCUT2D eigenvalue weighted by Crippen LogP contribution is -2.54. The molecule has 2 saturated heterocycles. The number of aromatic nitrogens is 2. The molecular formula is C24H33N7O. The normalized spacial score (nSPS) is 28.4. The second kappa shape index (κ2) is 8.33. The first-order valence-corrected chi connectivity index (χ1v) is 11.6. The van der Waals surface area contributed by atoms with Crippen LogP contribution in [0.15, 0.2) is 42.7 Å². The van der Waals surface area contributed by atoms with E-state index >= 15 is 0 Å². The molecule has 1 spiro atoms. The highest BCUT2D eigenvalue weighted by atomic mass is 16.2.